The lowest BCUT2D eigenvalue weighted by Gasteiger charge is -2.36. The van der Waals surface area contributed by atoms with Crippen LogP contribution in [0.25, 0.3) is 0 Å². The maximum atomic E-state index is 12.6. The van der Waals surface area contributed by atoms with E-state index in [0.717, 1.165) is 39.1 Å². The summed E-state index contributed by atoms with van der Waals surface area (Å²) in [5.41, 5.74) is 1.74. The van der Waals surface area contributed by atoms with Crippen LogP contribution < -0.4 is 20.3 Å². The van der Waals surface area contributed by atoms with Gasteiger partial charge in [-0.1, -0.05) is 18.2 Å². The van der Waals surface area contributed by atoms with Crippen molar-refractivity contribution in [2.24, 2.45) is 0 Å². The average molecular weight is 488 g/mol. The predicted octanol–water partition coefficient (Wildman–Crippen LogP) is 1.64. The molecule has 1 heterocycles. The molecule has 0 aliphatic carbocycles. The minimum absolute atomic E-state index is 0.0240. The van der Waals surface area contributed by atoms with Gasteiger partial charge in [0.15, 0.2) is 0 Å². The molecule has 0 unspecified atom stereocenters. The molecule has 184 valence electrons. The van der Waals surface area contributed by atoms with E-state index in [4.69, 9.17) is 0 Å². The third kappa shape index (κ3) is 7.54. The standard InChI is InChI=1S/C24H33N5O4S/c1-19(27-34(32,33)23-11-9-21(10-12-23)26-20(2)30)24(31)25-13-6-14-28-15-17-29(18-16-28)22-7-4-3-5-8-22/h3-5,7-12,19,27H,6,13-18H2,1-2H3,(H,25,31)(H,26,30)/t19-/m0/s1. The Morgan fingerprint density at radius 3 is 2.24 bits per heavy atom. The van der Waals surface area contributed by atoms with Crippen LogP contribution in [0.2, 0.25) is 0 Å². The first kappa shape index (κ1) is 25.7. The number of hydrogen-bond donors (Lipinski definition) is 3. The van der Waals surface area contributed by atoms with Crippen LogP contribution in [-0.4, -0.2) is 70.4 Å². The number of anilines is 2. The van der Waals surface area contributed by atoms with E-state index in [1.165, 1.54) is 43.8 Å². The molecule has 2 amide bonds. The van der Waals surface area contributed by atoms with Gasteiger partial charge in [-0.25, -0.2) is 8.42 Å². The van der Waals surface area contributed by atoms with Crippen LogP contribution in [0.15, 0.2) is 59.5 Å². The fraction of sp³-hybridized carbons (Fsp3) is 0.417. The van der Waals surface area contributed by atoms with Gasteiger partial charge in [0.2, 0.25) is 21.8 Å². The molecular weight excluding hydrogens is 454 g/mol. The van der Waals surface area contributed by atoms with Gasteiger partial charge in [0.25, 0.3) is 0 Å². The minimum Gasteiger partial charge on any atom is -0.369 e. The molecule has 3 rings (SSSR count). The molecule has 1 fully saturated rings. The lowest BCUT2D eigenvalue weighted by molar-refractivity contribution is -0.122. The molecule has 0 spiro atoms. The summed E-state index contributed by atoms with van der Waals surface area (Å²) < 4.78 is 27.5. The number of nitrogens with zero attached hydrogens (tertiary/aromatic N) is 2. The lowest BCUT2D eigenvalue weighted by atomic mass is 10.2. The van der Waals surface area contributed by atoms with E-state index < -0.39 is 16.1 Å². The smallest absolute Gasteiger partial charge is 0.241 e. The SMILES string of the molecule is CC(=O)Nc1ccc(S(=O)(=O)N[C@@H](C)C(=O)NCCCN2CCN(c3ccccc3)CC2)cc1. The van der Waals surface area contributed by atoms with E-state index >= 15 is 0 Å². The summed E-state index contributed by atoms with van der Waals surface area (Å²) in [7, 11) is -3.86. The van der Waals surface area contributed by atoms with Crippen molar-refractivity contribution in [2.45, 2.75) is 31.2 Å². The van der Waals surface area contributed by atoms with Crippen molar-refractivity contribution in [1.82, 2.24) is 14.9 Å². The summed E-state index contributed by atoms with van der Waals surface area (Å²) in [5, 5.41) is 5.39. The molecule has 1 aliphatic heterocycles. The highest BCUT2D eigenvalue weighted by atomic mass is 32.2. The van der Waals surface area contributed by atoms with E-state index in [1.807, 2.05) is 6.07 Å². The molecule has 34 heavy (non-hydrogen) atoms. The van der Waals surface area contributed by atoms with Gasteiger partial charge in [-0.2, -0.15) is 4.72 Å². The van der Waals surface area contributed by atoms with Crippen molar-refractivity contribution in [2.75, 3.05) is 49.5 Å². The molecule has 1 aliphatic rings. The summed E-state index contributed by atoms with van der Waals surface area (Å²) in [6.07, 6.45) is 0.793. The Hall–Kier alpha value is -2.95. The van der Waals surface area contributed by atoms with Gasteiger partial charge < -0.3 is 15.5 Å². The predicted molar refractivity (Wildman–Crippen MR) is 133 cm³/mol. The number of amides is 2. The second-order valence-corrected chi connectivity index (χ2v) is 10.1. The molecule has 2 aromatic carbocycles. The van der Waals surface area contributed by atoms with E-state index in [0.29, 0.717) is 12.2 Å². The summed E-state index contributed by atoms with van der Waals surface area (Å²) >= 11 is 0. The summed E-state index contributed by atoms with van der Waals surface area (Å²) in [6, 6.07) is 15.2. The van der Waals surface area contributed by atoms with Gasteiger partial charge in [-0.05, 0) is 56.3 Å². The number of nitrogens with one attached hydrogen (secondary N) is 3. The summed E-state index contributed by atoms with van der Waals surface area (Å²) in [4.78, 5) is 28.2. The number of rotatable bonds is 10. The largest absolute Gasteiger partial charge is 0.369 e. The fourth-order valence-electron chi connectivity index (χ4n) is 3.81. The van der Waals surface area contributed by atoms with Crippen molar-refractivity contribution in [3.8, 4) is 0 Å². The van der Waals surface area contributed by atoms with Gasteiger partial charge in [-0.3, -0.25) is 14.5 Å². The number of benzene rings is 2. The fourth-order valence-corrected chi connectivity index (χ4v) is 5.01. The molecule has 2 aromatic rings. The Bertz CT molecular complexity index is 1050. The van der Waals surface area contributed by atoms with E-state index in [2.05, 4.69) is 49.4 Å². The van der Waals surface area contributed by atoms with Crippen LogP contribution >= 0.6 is 0 Å². The molecule has 0 radical (unpaired) electrons. The Kier molecular flexibility index (Phi) is 9.03. The summed E-state index contributed by atoms with van der Waals surface area (Å²) in [5.74, 6) is -0.610. The van der Waals surface area contributed by atoms with Crippen LogP contribution in [0.4, 0.5) is 11.4 Å². The zero-order valence-corrected chi connectivity index (χ0v) is 20.5. The Morgan fingerprint density at radius 2 is 1.62 bits per heavy atom. The first-order chi connectivity index (χ1) is 16.2. The maximum absolute atomic E-state index is 12.6. The zero-order chi connectivity index (χ0) is 24.6. The van der Waals surface area contributed by atoms with Gasteiger partial charge >= 0.3 is 0 Å². The van der Waals surface area contributed by atoms with Crippen molar-refractivity contribution in [3.63, 3.8) is 0 Å². The quantitative estimate of drug-likeness (QED) is 0.440. The minimum atomic E-state index is -3.86. The Labute approximate surface area is 201 Å². The third-order valence-corrected chi connectivity index (χ3v) is 7.21. The van der Waals surface area contributed by atoms with Crippen LogP contribution in [-0.2, 0) is 19.6 Å². The average Bonchev–Trinajstić information content (AvgIpc) is 2.82. The zero-order valence-electron chi connectivity index (χ0n) is 19.7. The molecule has 10 heteroatoms. The molecular formula is C24H33N5O4S. The molecule has 9 nitrogen and oxygen atoms in total. The first-order valence-corrected chi connectivity index (χ1v) is 12.9. The number of carbonyl (C=O) groups excluding carboxylic acids is 2. The van der Waals surface area contributed by atoms with Gasteiger partial charge in [0.05, 0.1) is 10.9 Å². The second kappa shape index (κ2) is 12.0. The van der Waals surface area contributed by atoms with E-state index in [1.54, 1.807) is 0 Å². The molecule has 1 saturated heterocycles. The van der Waals surface area contributed by atoms with Crippen LogP contribution in [0.5, 0.6) is 0 Å². The molecule has 1 atom stereocenters. The van der Waals surface area contributed by atoms with E-state index in [-0.39, 0.29) is 16.7 Å². The lowest BCUT2D eigenvalue weighted by Crippen LogP contribution is -2.47. The van der Waals surface area contributed by atoms with Gasteiger partial charge in [-0.15, -0.1) is 0 Å². The molecule has 3 N–H and O–H groups in total. The highest BCUT2D eigenvalue weighted by molar-refractivity contribution is 7.89. The number of para-hydroxylation sites is 1. The van der Waals surface area contributed by atoms with Gasteiger partial charge in [0.1, 0.15) is 0 Å². The van der Waals surface area contributed by atoms with Crippen molar-refractivity contribution in [1.29, 1.82) is 0 Å². The van der Waals surface area contributed by atoms with Crippen molar-refractivity contribution in [3.05, 3.63) is 54.6 Å². The van der Waals surface area contributed by atoms with Crippen LogP contribution in [0, 0.1) is 0 Å². The normalized spacial score (nSPS) is 15.5. The van der Waals surface area contributed by atoms with Crippen molar-refractivity contribution >= 4 is 33.2 Å². The highest BCUT2D eigenvalue weighted by Gasteiger charge is 2.22. The van der Waals surface area contributed by atoms with Crippen LogP contribution in [0.1, 0.15) is 20.3 Å². The van der Waals surface area contributed by atoms with Gasteiger partial charge in [0, 0.05) is 51.0 Å². The number of sulfonamides is 1. The first-order valence-electron chi connectivity index (χ1n) is 11.4. The monoisotopic (exact) mass is 487 g/mol. The Balaban J connectivity index is 1.36. The molecule has 0 bridgehead atoms. The molecule has 0 saturated carbocycles. The van der Waals surface area contributed by atoms with Crippen molar-refractivity contribution < 1.29 is 18.0 Å². The highest BCUT2D eigenvalue weighted by Crippen LogP contribution is 2.16. The van der Waals surface area contributed by atoms with E-state index in [9.17, 15) is 18.0 Å². The second-order valence-electron chi connectivity index (χ2n) is 8.36. The number of hydrogen-bond acceptors (Lipinski definition) is 6. The topological polar surface area (TPSA) is 111 Å². The summed E-state index contributed by atoms with van der Waals surface area (Å²) in [6.45, 7) is 8.14. The Morgan fingerprint density at radius 1 is 0.971 bits per heavy atom. The number of carbonyl (C=O) groups is 2. The molecule has 0 aromatic heterocycles. The maximum Gasteiger partial charge on any atom is 0.241 e. The van der Waals surface area contributed by atoms with Crippen LogP contribution in [0.3, 0.4) is 0 Å². The number of piperazine rings is 1. The third-order valence-electron chi connectivity index (χ3n) is 5.65.